The van der Waals surface area contributed by atoms with Gasteiger partial charge in [-0.25, -0.2) is 4.39 Å². The lowest BCUT2D eigenvalue weighted by molar-refractivity contribution is 0.303. The zero-order valence-corrected chi connectivity index (χ0v) is 12.2. The first kappa shape index (κ1) is 14.0. The standard InChI is InChI=1S/C17H25FN2/c1-12(13-5-2-6-14(18)11-13)20-17-8-3-7-15(17)16-9-4-10-19-16/h2,5-6,11-12,15-17,19-20H,3-4,7-10H2,1H3/t12-,15?,16?,17?/m1/s1. The van der Waals surface area contributed by atoms with Crippen LogP contribution in [0, 0.1) is 11.7 Å². The number of hydrogen-bond donors (Lipinski definition) is 2. The molecule has 1 heterocycles. The minimum Gasteiger partial charge on any atom is -0.314 e. The maximum atomic E-state index is 13.3. The first-order chi connectivity index (χ1) is 9.74. The number of rotatable bonds is 4. The van der Waals surface area contributed by atoms with E-state index in [0.717, 1.165) is 11.5 Å². The summed E-state index contributed by atoms with van der Waals surface area (Å²) in [4.78, 5) is 0. The van der Waals surface area contributed by atoms with Gasteiger partial charge in [-0.15, -0.1) is 0 Å². The molecule has 1 saturated heterocycles. The average molecular weight is 276 g/mol. The summed E-state index contributed by atoms with van der Waals surface area (Å²) in [5, 5.41) is 7.39. The van der Waals surface area contributed by atoms with Crippen molar-refractivity contribution >= 4 is 0 Å². The maximum Gasteiger partial charge on any atom is 0.123 e. The molecule has 2 fully saturated rings. The third-order valence-electron chi connectivity index (χ3n) is 5.00. The van der Waals surface area contributed by atoms with Gasteiger partial charge in [0.15, 0.2) is 0 Å². The Bertz CT molecular complexity index is 442. The molecule has 1 aromatic carbocycles. The molecule has 2 nitrogen and oxygen atoms in total. The van der Waals surface area contributed by atoms with Crippen LogP contribution in [-0.4, -0.2) is 18.6 Å². The molecule has 3 heteroatoms. The van der Waals surface area contributed by atoms with Crippen molar-refractivity contribution in [2.75, 3.05) is 6.54 Å². The molecule has 4 atom stereocenters. The van der Waals surface area contributed by atoms with Crippen LogP contribution in [0.5, 0.6) is 0 Å². The molecule has 1 aliphatic heterocycles. The normalized spacial score (nSPS) is 31.6. The van der Waals surface area contributed by atoms with Gasteiger partial charge in [-0.05, 0) is 62.8 Å². The van der Waals surface area contributed by atoms with Gasteiger partial charge in [0, 0.05) is 18.1 Å². The third-order valence-corrected chi connectivity index (χ3v) is 5.00. The monoisotopic (exact) mass is 276 g/mol. The van der Waals surface area contributed by atoms with E-state index in [0.29, 0.717) is 12.1 Å². The Kier molecular flexibility index (Phi) is 4.37. The number of nitrogens with one attached hydrogen (secondary N) is 2. The molecular weight excluding hydrogens is 251 g/mol. The summed E-state index contributed by atoms with van der Waals surface area (Å²) in [7, 11) is 0. The predicted octanol–water partition coefficient (Wildman–Crippen LogP) is 3.40. The molecule has 3 unspecified atom stereocenters. The Morgan fingerprint density at radius 2 is 2.15 bits per heavy atom. The Hall–Kier alpha value is -0.930. The lowest BCUT2D eigenvalue weighted by Gasteiger charge is -2.29. The number of halogens is 1. The first-order valence-electron chi connectivity index (χ1n) is 7.99. The Morgan fingerprint density at radius 1 is 1.25 bits per heavy atom. The van der Waals surface area contributed by atoms with Crippen LogP contribution in [0.3, 0.4) is 0 Å². The van der Waals surface area contributed by atoms with Crippen molar-refractivity contribution in [2.45, 2.75) is 57.2 Å². The van der Waals surface area contributed by atoms with Crippen LogP contribution < -0.4 is 10.6 Å². The van der Waals surface area contributed by atoms with Crippen LogP contribution in [0.4, 0.5) is 4.39 Å². The Labute approximate surface area is 121 Å². The summed E-state index contributed by atoms with van der Waals surface area (Å²) in [6.45, 7) is 3.32. The van der Waals surface area contributed by atoms with Crippen LogP contribution in [0.1, 0.15) is 50.6 Å². The quantitative estimate of drug-likeness (QED) is 0.881. The van der Waals surface area contributed by atoms with Crippen molar-refractivity contribution in [2.24, 2.45) is 5.92 Å². The topological polar surface area (TPSA) is 24.1 Å². The van der Waals surface area contributed by atoms with E-state index in [1.165, 1.54) is 44.7 Å². The van der Waals surface area contributed by atoms with Gasteiger partial charge in [0.1, 0.15) is 5.82 Å². The maximum absolute atomic E-state index is 13.3. The second kappa shape index (κ2) is 6.23. The van der Waals surface area contributed by atoms with Crippen LogP contribution in [0.2, 0.25) is 0 Å². The summed E-state index contributed by atoms with van der Waals surface area (Å²) in [5.74, 6) is 0.602. The highest BCUT2D eigenvalue weighted by Gasteiger charge is 2.35. The van der Waals surface area contributed by atoms with E-state index in [-0.39, 0.29) is 11.9 Å². The lowest BCUT2D eigenvalue weighted by Crippen LogP contribution is -2.42. The van der Waals surface area contributed by atoms with Gasteiger partial charge < -0.3 is 10.6 Å². The third kappa shape index (κ3) is 3.04. The van der Waals surface area contributed by atoms with E-state index < -0.39 is 0 Å². The lowest BCUT2D eigenvalue weighted by atomic mass is 9.92. The molecule has 0 aromatic heterocycles. The van der Waals surface area contributed by atoms with Gasteiger partial charge in [-0.1, -0.05) is 18.6 Å². The van der Waals surface area contributed by atoms with Gasteiger partial charge in [-0.2, -0.15) is 0 Å². The second-order valence-electron chi connectivity index (χ2n) is 6.35. The van der Waals surface area contributed by atoms with E-state index in [1.54, 1.807) is 12.1 Å². The van der Waals surface area contributed by atoms with Crippen LogP contribution >= 0.6 is 0 Å². The molecule has 1 aromatic rings. The van der Waals surface area contributed by atoms with Gasteiger partial charge in [0.2, 0.25) is 0 Å². The Morgan fingerprint density at radius 3 is 2.90 bits per heavy atom. The molecule has 1 saturated carbocycles. The zero-order valence-electron chi connectivity index (χ0n) is 12.2. The number of hydrogen-bond acceptors (Lipinski definition) is 2. The minimum atomic E-state index is -0.142. The molecule has 20 heavy (non-hydrogen) atoms. The summed E-state index contributed by atoms with van der Waals surface area (Å²) in [6, 6.07) is 8.45. The van der Waals surface area contributed by atoms with Gasteiger partial charge in [-0.3, -0.25) is 0 Å². The smallest absolute Gasteiger partial charge is 0.123 e. The van der Waals surface area contributed by atoms with E-state index in [2.05, 4.69) is 17.6 Å². The van der Waals surface area contributed by atoms with Crippen molar-refractivity contribution in [3.05, 3.63) is 35.6 Å². The van der Waals surface area contributed by atoms with Crippen LogP contribution in [-0.2, 0) is 0 Å². The van der Waals surface area contributed by atoms with E-state index in [1.807, 2.05) is 6.07 Å². The average Bonchev–Trinajstić information content (AvgIpc) is 3.08. The van der Waals surface area contributed by atoms with Crippen molar-refractivity contribution in [3.8, 4) is 0 Å². The molecule has 110 valence electrons. The van der Waals surface area contributed by atoms with E-state index >= 15 is 0 Å². The zero-order chi connectivity index (χ0) is 13.9. The van der Waals surface area contributed by atoms with E-state index in [4.69, 9.17) is 0 Å². The van der Waals surface area contributed by atoms with Crippen LogP contribution in [0.15, 0.2) is 24.3 Å². The largest absolute Gasteiger partial charge is 0.314 e. The van der Waals surface area contributed by atoms with Crippen molar-refractivity contribution < 1.29 is 4.39 Å². The molecule has 2 aliphatic rings. The van der Waals surface area contributed by atoms with Crippen molar-refractivity contribution in [1.29, 1.82) is 0 Å². The molecule has 2 N–H and O–H groups in total. The summed E-state index contributed by atoms with van der Waals surface area (Å²) < 4.78 is 13.3. The highest BCUT2D eigenvalue weighted by molar-refractivity contribution is 5.19. The fourth-order valence-corrected chi connectivity index (χ4v) is 3.95. The second-order valence-corrected chi connectivity index (χ2v) is 6.35. The first-order valence-corrected chi connectivity index (χ1v) is 7.99. The fourth-order valence-electron chi connectivity index (χ4n) is 3.95. The van der Waals surface area contributed by atoms with Gasteiger partial charge in [0.25, 0.3) is 0 Å². The number of benzene rings is 1. The molecule has 0 amide bonds. The highest BCUT2D eigenvalue weighted by Crippen LogP contribution is 2.33. The molecule has 0 spiro atoms. The van der Waals surface area contributed by atoms with Crippen molar-refractivity contribution in [3.63, 3.8) is 0 Å². The minimum absolute atomic E-state index is 0.142. The van der Waals surface area contributed by atoms with Gasteiger partial charge >= 0.3 is 0 Å². The molecule has 3 rings (SSSR count). The molecule has 1 aliphatic carbocycles. The summed E-state index contributed by atoms with van der Waals surface area (Å²) in [5.41, 5.74) is 1.05. The molecule has 0 bridgehead atoms. The Balaban J connectivity index is 1.64. The fraction of sp³-hybridized carbons (Fsp3) is 0.647. The molecular formula is C17H25FN2. The molecule has 0 radical (unpaired) electrons. The predicted molar refractivity (Wildman–Crippen MR) is 80.1 cm³/mol. The van der Waals surface area contributed by atoms with Gasteiger partial charge in [0.05, 0.1) is 0 Å². The van der Waals surface area contributed by atoms with E-state index in [9.17, 15) is 4.39 Å². The summed E-state index contributed by atoms with van der Waals surface area (Å²) in [6.07, 6.45) is 6.52. The summed E-state index contributed by atoms with van der Waals surface area (Å²) >= 11 is 0. The highest BCUT2D eigenvalue weighted by atomic mass is 19.1. The van der Waals surface area contributed by atoms with Crippen molar-refractivity contribution in [1.82, 2.24) is 10.6 Å². The SMILES string of the molecule is C[C@@H](NC1CCCC1C1CCCN1)c1cccc(F)c1. The van der Waals surface area contributed by atoms with Crippen LogP contribution in [0.25, 0.3) is 0 Å².